The van der Waals surface area contributed by atoms with E-state index in [-0.39, 0.29) is 18.4 Å². The number of halogens is 2. The third-order valence-corrected chi connectivity index (χ3v) is 2.89. The van der Waals surface area contributed by atoms with Gasteiger partial charge in [-0.05, 0) is 12.8 Å². The zero-order valence-electron chi connectivity index (χ0n) is 11.4. The summed E-state index contributed by atoms with van der Waals surface area (Å²) < 4.78 is 25.0. The van der Waals surface area contributed by atoms with Crippen LogP contribution in [0, 0.1) is 11.8 Å². The van der Waals surface area contributed by atoms with E-state index in [1.165, 1.54) is 6.92 Å². The van der Waals surface area contributed by atoms with Gasteiger partial charge in [0.2, 0.25) is 12.3 Å². The fourth-order valence-corrected chi connectivity index (χ4v) is 1.86. The number of carbonyl (C=O) groups excluding carboxylic acids is 1. The minimum atomic E-state index is -2.36. The van der Waals surface area contributed by atoms with Crippen molar-refractivity contribution in [2.75, 3.05) is 13.1 Å². The lowest BCUT2D eigenvalue weighted by Crippen LogP contribution is -2.40. The van der Waals surface area contributed by atoms with Crippen LogP contribution in [-0.4, -0.2) is 30.3 Å². The van der Waals surface area contributed by atoms with E-state index in [4.69, 9.17) is 0 Å². The molecule has 4 heteroatoms. The van der Waals surface area contributed by atoms with Crippen LogP contribution in [0.3, 0.4) is 0 Å². The van der Waals surface area contributed by atoms with Gasteiger partial charge in [-0.2, -0.15) is 0 Å². The highest BCUT2D eigenvalue weighted by Crippen LogP contribution is 2.15. The first-order valence-electron chi connectivity index (χ1n) is 6.50. The maximum Gasteiger partial charge on any atom is 0.242 e. The number of rotatable bonds is 8. The fourth-order valence-electron chi connectivity index (χ4n) is 1.86. The van der Waals surface area contributed by atoms with Gasteiger partial charge in [0, 0.05) is 24.9 Å². The Morgan fingerprint density at radius 3 is 2.18 bits per heavy atom. The molecule has 2 atom stereocenters. The molecule has 0 N–H and O–H groups in total. The average Bonchev–Trinajstić information content (AvgIpc) is 2.27. The number of nitrogens with zero attached hydrogens (tertiary/aromatic N) is 1. The highest BCUT2D eigenvalue weighted by Gasteiger charge is 2.24. The minimum Gasteiger partial charge on any atom is -0.342 e. The summed E-state index contributed by atoms with van der Waals surface area (Å²) in [6.45, 7) is 8.09. The van der Waals surface area contributed by atoms with Crippen molar-refractivity contribution in [1.29, 1.82) is 0 Å². The molecule has 0 rings (SSSR count). The molecule has 17 heavy (non-hydrogen) atoms. The van der Waals surface area contributed by atoms with Crippen LogP contribution in [0.15, 0.2) is 0 Å². The molecule has 0 spiro atoms. The highest BCUT2D eigenvalue weighted by atomic mass is 19.3. The van der Waals surface area contributed by atoms with Crippen molar-refractivity contribution in [3.05, 3.63) is 0 Å². The summed E-state index contributed by atoms with van der Waals surface area (Å²) in [7, 11) is 0. The molecular formula is C13H25F2NO. The van der Waals surface area contributed by atoms with Crippen LogP contribution in [0.25, 0.3) is 0 Å². The van der Waals surface area contributed by atoms with Crippen LogP contribution in [0.1, 0.15) is 47.0 Å². The van der Waals surface area contributed by atoms with Crippen molar-refractivity contribution >= 4 is 5.91 Å². The summed E-state index contributed by atoms with van der Waals surface area (Å²) in [6, 6.07) is 0. The topological polar surface area (TPSA) is 20.3 Å². The third kappa shape index (κ3) is 5.99. The normalized spacial score (nSPS) is 14.8. The van der Waals surface area contributed by atoms with E-state index in [0.717, 1.165) is 19.3 Å². The molecule has 0 radical (unpaired) electrons. The fraction of sp³-hybridized carbons (Fsp3) is 0.923. The van der Waals surface area contributed by atoms with Gasteiger partial charge < -0.3 is 4.90 Å². The van der Waals surface area contributed by atoms with Gasteiger partial charge in [0.1, 0.15) is 0 Å². The average molecular weight is 249 g/mol. The summed E-state index contributed by atoms with van der Waals surface area (Å²) >= 11 is 0. The Hall–Kier alpha value is -0.670. The lowest BCUT2D eigenvalue weighted by Gasteiger charge is -2.28. The van der Waals surface area contributed by atoms with E-state index in [1.807, 2.05) is 20.8 Å². The van der Waals surface area contributed by atoms with E-state index < -0.39 is 12.3 Å². The summed E-state index contributed by atoms with van der Waals surface area (Å²) in [4.78, 5) is 13.7. The summed E-state index contributed by atoms with van der Waals surface area (Å²) in [6.07, 6.45) is 0.212. The van der Waals surface area contributed by atoms with Gasteiger partial charge in [-0.15, -0.1) is 0 Å². The van der Waals surface area contributed by atoms with E-state index in [0.29, 0.717) is 6.54 Å². The molecular weight excluding hydrogens is 224 g/mol. The van der Waals surface area contributed by atoms with Crippen molar-refractivity contribution in [3.8, 4) is 0 Å². The molecule has 0 bridgehead atoms. The second-order valence-corrected chi connectivity index (χ2v) is 4.79. The predicted octanol–water partition coefficient (Wildman–Crippen LogP) is 3.56. The molecule has 0 aliphatic carbocycles. The molecule has 1 amide bonds. The van der Waals surface area contributed by atoms with E-state index >= 15 is 0 Å². The van der Waals surface area contributed by atoms with Crippen molar-refractivity contribution in [3.63, 3.8) is 0 Å². The SMILES string of the molecule is CCCC(C)C(=O)N(CCC)CC(C)C(F)F. The first kappa shape index (κ1) is 16.3. The molecule has 0 heterocycles. The third-order valence-electron chi connectivity index (χ3n) is 2.89. The molecule has 2 nitrogen and oxygen atoms in total. The molecule has 0 saturated carbocycles. The maximum absolute atomic E-state index is 12.5. The van der Waals surface area contributed by atoms with Crippen LogP contribution in [0.4, 0.5) is 8.78 Å². The van der Waals surface area contributed by atoms with Crippen LogP contribution in [0.5, 0.6) is 0 Å². The predicted molar refractivity (Wildman–Crippen MR) is 66.1 cm³/mol. The number of hydrogen-bond donors (Lipinski definition) is 0. The van der Waals surface area contributed by atoms with Gasteiger partial charge in [-0.3, -0.25) is 4.79 Å². The zero-order valence-corrected chi connectivity index (χ0v) is 11.4. The van der Waals surface area contributed by atoms with Crippen molar-refractivity contribution < 1.29 is 13.6 Å². The second-order valence-electron chi connectivity index (χ2n) is 4.79. The summed E-state index contributed by atoms with van der Waals surface area (Å²) in [5, 5.41) is 0. The molecule has 2 unspecified atom stereocenters. The quantitative estimate of drug-likeness (QED) is 0.644. The standard InChI is InChI=1S/C13H25F2NO/c1-5-7-10(3)13(17)16(8-6-2)9-11(4)12(14)15/h10-12H,5-9H2,1-4H3. The highest BCUT2D eigenvalue weighted by molar-refractivity contribution is 5.78. The zero-order chi connectivity index (χ0) is 13.4. The van der Waals surface area contributed by atoms with Gasteiger partial charge >= 0.3 is 0 Å². The Labute approximate surface area is 103 Å². The first-order valence-corrected chi connectivity index (χ1v) is 6.50. The molecule has 0 fully saturated rings. The number of alkyl halides is 2. The van der Waals surface area contributed by atoms with Crippen molar-refractivity contribution in [1.82, 2.24) is 4.90 Å². The molecule has 0 aromatic carbocycles. The molecule has 0 aromatic rings. The number of carbonyl (C=O) groups is 1. The van der Waals surface area contributed by atoms with E-state index in [2.05, 4.69) is 0 Å². The lowest BCUT2D eigenvalue weighted by molar-refractivity contribution is -0.136. The van der Waals surface area contributed by atoms with Crippen molar-refractivity contribution in [2.45, 2.75) is 53.4 Å². The first-order chi connectivity index (χ1) is 7.93. The van der Waals surface area contributed by atoms with Crippen LogP contribution in [-0.2, 0) is 4.79 Å². The molecule has 0 aliphatic heterocycles. The van der Waals surface area contributed by atoms with E-state index in [1.54, 1.807) is 4.90 Å². The molecule has 0 aromatic heterocycles. The molecule has 102 valence electrons. The second kappa shape index (κ2) is 8.43. The number of amides is 1. The number of hydrogen-bond acceptors (Lipinski definition) is 1. The smallest absolute Gasteiger partial charge is 0.242 e. The summed E-state index contributed by atoms with van der Waals surface area (Å²) in [5.41, 5.74) is 0. The van der Waals surface area contributed by atoms with Gasteiger partial charge in [-0.1, -0.05) is 34.1 Å². The Morgan fingerprint density at radius 1 is 1.18 bits per heavy atom. The summed E-state index contributed by atoms with van der Waals surface area (Å²) in [5.74, 6) is -0.794. The van der Waals surface area contributed by atoms with Crippen LogP contribution >= 0.6 is 0 Å². The molecule has 0 saturated heterocycles. The largest absolute Gasteiger partial charge is 0.342 e. The Bertz CT molecular complexity index is 221. The monoisotopic (exact) mass is 249 g/mol. The van der Waals surface area contributed by atoms with Gasteiger partial charge in [0.15, 0.2) is 0 Å². The van der Waals surface area contributed by atoms with Gasteiger partial charge in [-0.25, -0.2) is 8.78 Å². The Morgan fingerprint density at radius 2 is 1.76 bits per heavy atom. The van der Waals surface area contributed by atoms with Crippen LogP contribution in [0.2, 0.25) is 0 Å². The minimum absolute atomic E-state index is 0.0150. The van der Waals surface area contributed by atoms with Crippen molar-refractivity contribution in [2.24, 2.45) is 11.8 Å². The van der Waals surface area contributed by atoms with E-state index in [9.17, 15) is 13.6 Å². The van der Waals surface area contributed by atoms with Gasteiger partial charge in [0.05, 0.1) is 0 Å². The maximum atomic E-state index is 12.5. The Balaban J connectivity index is 4.44. The Kier molecular flexibility index (Phi) is 8.09. The molecule has 0 aliphatic rings. The lowest BCUT2D eigenvalue weighted by atomic mass is 10.0. The van der Waals surface area contributed by atoms with Crippen LogP contribution < -0.4 is 0 Å². The van der Waals surface area contributed by atoms with Gasteiger partial charge in [0.25, 0.3) is 0 Å².